The highest BCUT2D eigenvalue weighted by molar-refractivity contribution is 7.89. The lowest BCUT2D eigenvalue weighted by Crippen LogP contribution is -2.59. The van der Waals surface area contributed by atoms with Gasteiger partial charge in [0.1, 0.15) is 4.90 Å². The van der Waals surface area contributed by atoms with Crippen molar-refractivity contribution >= 4 is 32.6 Å². The minimum atomic E-state index is -3.80. The van der Waals surface area contributed by atoms with Crippen molar-refractivity contribution in [2.24, 2.45) is 0 Å². The number of anilines is 1. The van der Waals surface area contributed by atoms with E-state index in [-0.39, 0.29) is 28.0 Å². The molecule has 1 aliphatic heterocycles. The number of piperazine rings is 1. The first-order valence-corrected chi connectivity index (χ1v) is 13.6. The zero-order chi connectivity index (χ0) is 24.4. The van der Waals surface area contributed by atoms with Crippen molar-refractivity contribution in [3.05, 3.63) is 29.4 Å². The van der Waals surface area contributed by atoms with Gasteiger partial charge >= 0.3 is 0 Å². The predicted octanol–water partition coefficient (Wildman–Crippen LogP) is 3.80. The van der Waals surface area contributed by atoms with E-state index in [0.717, 1.165) is 35.4 Å². The Morgan fingerprint density at radius 3 is 2.62 bits per heavy atom. The Balaban J connectivity index is 1.69. The van der Waals surface area contributed by atoms with Gasteiger partial charge in [0.25, 0.3) is 6.43 Å². The lowest BCUT2D eigenvalue weighted by atomic mass is 10.0. The highest BCUT2D eigenvalue weighted by Crippen LogP contribution is 2.38. The molecule has 0 spiro atoms. The van der Waals surface area contributed by atoms with Crippen LogP contribution in [-0.4, -0.2) is 53.2 Å². The second kappa shape index (κ2) is 8.21. The van der Waals surface area contributed by atoms with Crippen LogP contribution in [0.5, 0.6) is 0 Å². The summed E-state index contributed by atoms with van der Waals surface area (Å²) in [6.45, 7) is 8.90. The Hall–Kier alpha value is -2.15. The van der Waals surface area contributed by atoms with E-state index in [1.165, 1.54) is 0 Å². The molecule has 3 aromatic heterocycles. The maximum atomic E-state index is 13.4. The van der Waals surface area contributed by atoms with Crippen LogP contribution in [0, 0.1) is 0 Å². The number of aromatic nitrogens is 3. The normalized spacial score (nSPS) is 24.8. The van der Waals surface area contributed by atoms with Gasteiger partial charge in [0, 0.05) is 36.4 Å². The van der Waals surface area contributed by atoms with Gasteiger partial charge in [-0.15, -0.1) is 10.2 Å². The number of nitrogens with zero attached hydrogens (tertiary/aromatic N) is 4. The third kappa shape index (κ3) is 4.21. The molecule has 3 aromatic rings. The minimum Gasteiger partial charge on any atom is -0.364 e. The van der Waals surface area contributed by atoms with Crippen molar-refractivity contribution in [2.45, 2.75) is 75.5 Å². The predicted molar refractivity (Wildman–Crippen MR) is 128 cm³/mol. The molecule has 1 saturated heterocycles. The lowest BCUT2D eigenvalue weighted by molar-refractivity contribution is 0.150. The average Bonchev–Trinajstić information content (AvgIpc) is 3.17. The van der Waals surface area contributed by atoms with Gasteiger partial charge in [-0.1, -0.05) is 11.3 Å². The number of rotatable bonds is 6. The van der Waals surface area contributed by atoms with E-state index in [0.29, 0.717) is 17.2 Å². The molecule has 4 heterocycles. The quantitative estimate of drug-likeness (QED) is 0.524. The molecule has 8 nitrogen and oxygen atoms in total. The monoisotopic (exact) mass is 510 g/mol. The van der Waals surface area contributed by atoms with Crippen LogP contribution in [0.1, 0.15) is 52.0 Å². The van der Waals surface area contributed by atoms with Crippen molar-refractivity contribution in [2.75, 3.05) is 11.4 Å². The van der Waals surface area contributed by atoms with Crippen molar-refractivity contribution in [1.82, 2.24) is 24.6 Å². The third-order valence-corrected chi connectivity index (χ3v) is 9.35. The summed E-state index contributed by atoms with van der Waals surface area (Å²) < 4.78 is 57.6. The van der Waals surface area contributed by atoms with Crippen molar-refractivity contribution in [1.29, 1.82) is 0 Å². The molecule has 5 rings (SSSR count). The fraction of sp³-hybridized carbons (Fsp3) is 0.545. The molecular weight excluding hydrogens is 482 g/mol. The molecule has 0 bridgehead atoms. The summed E-state index contributed by atoms with van der Waals surface area (Å²) in [5.41, 5.74) is 1.67. The zero-order valence-electron chi connectivity index (χ0n) is 19.4. The number of halogens is 2. The molecule has 34 heavy (non-hydrogen) atoms. The molecule has 0 radical (unpaired) electrons. The molecule has 1 saturated carbocycles. The molecule has 3 unspecified atom stereocenters. The first-order valence-electron chi connectivity index (χ1n) is 11.3. The van der Waals surface area contributed by atoms with Crippen LogP contribution in [0.2, 0.25) is 0 Å². The number of sulfonamides is 1. The van der Waals surface area contributed by atoms with E-state index in [1.54, 1.807) is 22.7 Å². The molecule has 2 N–H and O–H groups in total. The van der Waals surface area contributed by atoms with Crippen LogP contribution in [-0.2, 0) is 10.0 Å². The highest BCUT2D eigenvalue weighted by atomic mass is 32.2. The molecule has 12 heteroatoms. The molecule has 2 fully saturated rings. The molecule has 2 aliphatic rings. The van der Waals surface area contributed by atoms with E-state index < -0.39 is 22.0 Å². The first kappa shape index (κ1) is 23.6. The maximum Gasteiger partial charge on any atom is 0.291 e. The second-order valence-corrected chi connectivity index (χ2v) is 12.4. The number of alkyl halides is 2. The van der Waals surface area contributed by atoms with Gasteiger partial charge < -0.3 is 14.6 Å². The van der Waals surface area contributed by atoms with E-state index in [4.69, 9.17) is 0 Å². The van der Waals surface area contributed by atoms with Gasteiger partial charge in [-0.25, -0.2) is 21.9 Å². The average molecular weight is 511 g/mol. The van der Waals surface area contributed by atoms with Crippen LogP contribution < -0.4 is 14.9 Å². The summed E-state index contributed by atoms with van der Waals surface area (Å²) in [6, 6.07) is 5.89. The lowest BCUT2D eigenvalue weighted by Gasteiger charge is -2.43. The smallest absolute Gasteiger partial charge is 0.291 e. The molecule has 1 aliphatic carbocycles. The van der Waals surface area contributed by atoms with Crippen LogP contribution in [0.15, 0.2) is 29.3 Å². The first-order chi connectivity index (χ1) is 16.0. The van der Waals surface area contributed by atoms with Gasteiger partial charge in [-0.3, -0.25) is 0 Å². The standard InChI is InChI=1S/C22H28F2N6O2S2/c1-12-10-29(14(3)13(2)25-12)18-9-15(34(31,32)28-22(4)7-8-22)11-30-16(18)5-6-17(30)20-26-27-21(33-20)19(23)24/h5-6,9,11-14,19,25,28H,7-8,10H2,1-4H3. The van der Waals surface area contributed by atoms with E-state index in [1.807, 2.05) is 13.0 Å². The number of hydrogen-bond donors (Lipinski definition) is 2. The van der Waals surface area contributed by atoms with Crippen LogP contribution >= 0.6 is 11.3 Å². The fourth-order valence-corrected chi connectivity index (χ4v) is 6.71. The SMILES string of the molecule is CC1CN(c2cc(S(=O)(=O)NC3(C)CC3)cn3c(-c4nnc(C(F)F)s4)ccc23)C(C)C(C)N1. The van der Waals surface area contributed by atoms with Crippen molar-refractivity contribution in [3.8, 4) is 10.7 Å². The summed E-state index contributed by atoms with van der Waals surface area (Å²) in [7, 11) is -3.80. The van der Waals surface area contributed by atoms with Gasteiger partial charge in [-0.2, -0.15) is 0 Å². The Kier molecular flexibility index (Phi) is 5.70. The van der Waals surface area contributed by atoms with E-state index in [9.17, 15) is 17.2 Å². The zero-order valence-corrected chi connectivity index (χ0v) is 21.1. The van der Waals surface area contributed by atoms with Crippen LogP contribution in [0.4, 0.5) is 14.5 Å². The number of fused-ring (bicyclic) bond motifs is 1. The fourth-order valence-electron chi connectivity index (χ4n) is 4.51. The maximum absolute atomic E-state index is 13.4. The summed E-state index contributed by atoms with van der Waals surface area (Å²) in [4.78, 5) is 2.35. The minimum absolute atomic E-state index is 0.108. The van der Waals surface area contributed by atoms with Crippen molar-refractivity contribution < 1.29 is 17.2 Å². The van der Waals surface area contributed by atoms with Crippen LogP contribution in [0.3, 0.4) is 0 Å². The van der Waals surface area contributed by atoms with Gasteiger partial charge in [0.05, 0.1) is 16.9 Å². The largest absolute Gasteiger partial charge is 0.364 e. The highest BCUT2D eigenvalue weighted by Gasteiger charge is 2.41. The number of nitrogens with one attached hydrogen (secondary N) is 2. The number of hydrogen-bond acceptors (Lipinski definition) is 7. The summed E-state index contributed by atoms with van der Waals surface area (Å²) in [5.74, 6) is 0. The van der Waals surface area contributed by atoms with E-state index in [2.05, 4.69) is 45.9 Å². The molecule has 0 amide bonds. The Morgan fingerprint density at radius 2 is 1.97 bits per heavy atom. The topological polar surface area (TPSA) is 91.6 Å². The Labute approximate surface area is 201 Å². The molecule has 3 atom stereocenters. The van der Waals surface area contributed by atoms with Crippen molar-refractivity contribution in [3.63, 3.8) is 0 Å². The summed E-state index contributed by atoms with van der Waals surface area (Å²) in [6.07, 6.45) is 0.422. The van der Waals surface area contributed by atoms with E-state index >= 15 is 0 Å². The Bertz CT molecular complexity index is 1330. The van der Waals surface area contributed by atoms with Gasteiger partial charge in [0.2, 0.25) is 10.0 Å². The number of pyridine rings is 1. The van der Waals surface area contributed by atoms with Crippen LogP contribution in [0.25, 0.3) is 16.2 Å². The third-order valence-electron chi connectivity index (χ3n) is 6.80. The summed E-state index contributed by atoms with van der Waals surface area (Å²) in [5, 5.41) is 11.0. The molecular formula is C22H28F2N6O2S2. The van der Waals surface area contributed by atoms with Gasteiger partial charge in [-0.05, 0) is 58.7 Å². The summed E-state index contributed by atoms with van der Waals surface area (Å²) >= 11 is 0.808. The van der Waals surface area contributed by atoms with Gasteiger partial charge in [0.15, 0.2) is 10.0 Å². The second-order valence-electron chi connectivity index (χ2n) is 9.70. The molecule has 0 aromatic carbocycles. The molecule has 184 valence electrons. The Morgan fingerprint density at radius 1 is 1.24 bits per heavy atom.